The van der Waals surface area contributed by atoms with E-state index in [1.54, 1.807) is 35.7 Å². The zero-order valence-corrected chi connectivity index (χ0v) is 17.4. The smallest absolute Gasteiger partial charge is 0.542 e. The van der Waals surface area contributed by atoms with Gasteiger partial charge in [0.05, 0.1) is 5.69 Å². The Morgan fingerprint density at radius 3 is 2.62 bits per heavy atom. The van der Waals surface area contributed by atoms with Crippen molar-refractivity contribution in [2.45, 2.75) is 13.0 Å². The molecular formula is C18H12ClFNNaO3S. The van der Waals surface area contributed by atoms with Crippen LogP contribution in [-0.2, 0) is 13.0 Å². The Bertz CT molecular complexity index is 902. The van der Waals surface area contributed by atoms with Gasteiger partial charge in [0.2, 0.25) is 0 Å². The molecule has 0 aliphatic heterocycles. The number of benzene rings is 2. The Balaban J connectivity index is 0.00000243. The van der Waals surface area contributed by atoms with E-state index < -0.39 is 5.97 Å². The zero-order valence-electron chi connectivity index (χ0n) is 13.9. The summed E-state index contributed by atoms with van der Waals surface area (Å²) in [5, 5.41) is 13.0. The molecular weight excluding hydrogens is 388 g/mol. The number of hydrogen-bond donors (Lipinski definition) is 0. The van der Waals surface area contributed by atoms with Gasteiger partial charge in [-0.15, -0.1) is 11.3 Å². The summed E-state index contributed by atoms with van der Waals surface area (Å²) < 4.78 is 18.8. The molecule has 0 saturated carbocycles. The first kappa shape index (κ1) is 20.9. The molecule has 0 aliphatic rings. The van der Waals surface area contributed by atoms with Crippen LogP contribution in [0.5, 0.6) is 5.75 Å². The van der Waals surface area contributed by atoms with Crippen LogP contribution in [0.1, 0.15) is 26.6 Å². The fourth-order valence-corrected chi connectivity index (χ4v) is 3.09. The first-order valence-corrected chi connectivity index (χ1v) is 8.58. The number of aromatic carboxylic acids is 1. The van der Waals surface area contributed by atoms with Crippen molar-refractivity contribution in [3.63, 3.8) is 0 Å². The van der Waals surface area contributed by atoms with Gasteiger partial charge in [-0.1, -0.05) is 23.7 Å². The van der Waals surface area contributed by atoms with Crippen LogP contribution in [0, 0.1) is 5.82 Å². The van der Waals surface area contributed by atoms with Crippen LogP contribution in [-0.4, -0.2) is 11.0 Å². The molecule has 0 fully saturated rings. The molecule has 1 aromatic heterocycles. The van der Waals surface area contributed by atoms with Gasteiger partial charge in [-0.05, 0) is 35.9 Å². The molecule has 0 radical (unpaired) electrons. The van der Waals surface area contributed by atoms with E-state index in [0.29, 0.717) is 22.9 Å². The number of carbonyl (C=O) groups excluding carboxylic acids is 1. The number of thiazole rings is 1. The van der Waals surface area contributed by atoms with Gasteiger partial charge in [0.1, 0.15) is 29.2 Å². The molecule has 8 heteroatoms. The van der Waals surface area contributed by atoms with Gasteiger partial charge in [-0.2, -0.15) is 0 Å². The largest absolute Gasteiger partial charge is 1.00 e. The molecule has 0 unspecified atom stereocenters. The zero-order chi connectivity index (χ0) is 17.8. The summed E-state index contributed by atoms with van der Waals surface area (Å²) >= 11 is 7.07. The number of ether oxygens (including phenoxy) is 1. The van der Waals surface area contributed by atoms with Crippen LogP contribution in [0.15, 0.2) is 47.8 Å². The third kappa shape index (κ3) is 5.53. The van der Waals surface area contributed by atoms with Gasteiger partial charge < -0.3 is 14.6 Å². The third-order valence-corrected chi connectivity index (χ3v) is 4.53. The van der Waals surface area contributed by atoms with E-state index >= 15 is 0 Å². The van der Waals surface area contributed by atoms with Crippen molar-refractivity contribution >= 4 is 28.9 Å². The van der Waals surface area contributed by atoms with Gasteiger partial charge in [0.15, 0.2) is 0 Å². The molecule has 128 valence electrons. The first-order chi connectivity index (χ1) is 12.0. The van der Waals surface area contributed by atoms with Crippen molar-refractivity contribution in [2.24, 2.45) is 0 Å². The Morgan fingerprint density at radius 1 is 1.23 bits per heavy atom. The maximum atomic E-state index is 13.0. The Labute approximate surface area is 180 Å². The number of halogens is 2. The van der Waals surface area contributed by atoms with Gasteiger partial charge in [0, 0.05) is 22.4 Å². The van der Waals surface area contributed by atoms with Crippen molar-refractivity contribution in [3.8, 4) is 5.75 Å². The van der Waals surface area contributed by atoms with Crippen molar-refractivity contribution in [2.75, 3.05) is 0 Å². The summed E-state index contributed by atoms with van der Waals surface area (Å²) in [4.78, 5) is 14.9. The minimum atomic E-state index is -1.30. The fraction of sp³-hybridized carbons (Fsp3) is 0.111. The van der Waals surface area contributed by atoms with Crippen molar-refractivity contribution < 1.29 is 48.6 Å². The minimum absolute atomic E-state index is 0. The van der Waals surface area contributed by atoms with E-state index in [9.17, 15) is 14.3 Å². The second kappa shape index (κ2) is 9.48. The summed E-state index contributed by atoms with van der Waals surface area (Å²) in [5.41, 5.74) is 2.21. The van der Waals surface area contributed by atoms with E-state index in [1.807, 2.05) is 0 Å². The number of carboxylic acids is 1. The molecule has 1 heterocycles. The van der Waals surface area contributed by atoms with Crippen LogP contribution in [0.4, 0.5) is 4.39 Å². The van der Waals surface area contributed by atoms with Gasteiger partial charge in [0.25, 0.3) is 0 Å². The molecule has 3 aromatic rings. The molecule has 0 atom stereocenters. The molecule has 3 rings (SSSR count). The van der Waals surface area contributed by atoms with Crippen LogP contribution in [0.25, 0.3) is 0 Å². The van der Waals surface area contributed by atoms with Crippen molar-refractivity contribution in [1.29, 1.82) is 0 Å². The average molecular weight is 400 g/mol. The van der Waals surface area contributed by atoms with E-state index in [0.717, 1.165) is 22.5 Å². The maximum absolute atomic E-state index is 13.0. The number of carbonyl (C=O) groups is 1. The predicted molar refractivity (Wildman–Crippen MR) is 91.4 cm³/mol. The molecule has 0 bridgehead atoms. The summed E-state index contributed by atoms with van der Waals surface area (Å²) in [5.74, 6) is -0.991. The van der Waals surface area contributed by atoms with Gasteiger partial charge in [-0.3, -0.25) is 0 Å². The molecule has 0 aliphatic carbocycles. The number of rotatable bonds is 6. The summed E-state index contributed by atoms with van der Waals surface area (Å²) in [6.07, 6.45) is 0.378. The SMILES string of the molecule is O=C([O-])c1nc(Cc2cc(Cl)ccc2OCc2ccc(F)cc2)cs1.[Na+]. The average Bonchev–Trinajstić information content (AvgIpc) is 3.04. The normalized spacial score (nSPS) is 10.2. The quantitative estimate of drug-likeness (QED) is 0.565. The standard InChI is InChI=1S/C18H13ClFNO3S.Na/c19-13-3-6-16(24-9-11-1-4-14(20)5-2-11)12(7-13)8-15-10-25-17(21-15)18(22)23;/h1-7,10H,8-9H2,(H,22,23);/q;+1/p-1. The third-order valence-electron chi connectivity index (χ3n) is 3.43. The number of hydrogen-bond acceptors (Lipinski definition) is 5. The number of carboxylic acid groups (broad SMARTS) is 1. The second-order valence-corrected chi connectivity index (χ2v) is 6.57. The monoisotopic (exact) mass is 399 g/mol. The molecule has 0 N–H and O–H groups in total. The maximum Gasteiger partial charge on any atom is 1.00 e. The fourth-order valence-electron chi connectivity index (χ4n) is 2.25. The number of aromatic nitrogens is 1. The van der Waals surface area contributed by atoms with E-state index in [1.165, 1.54) is 12.1 Å². The van der Waals surface area contributed by atoms with E-state index in [4.69, 9.17) is 16.3 Å². The Hall–Kier alpha value is -1.44. The second-order valence-electron chi connectivity index (χ2n) is 5.28. The summed E-state index contributed by atoms with van der Waals surface area (Å²) in [6.45, 7) is 0.274. The van der Waals surface area contributed by atoms with Gasteiger partial charge >= 0.3 is 29.6 Å². The minimum Gasteiger partial charge on any atom is -0.542 e. The molecule has 26 heavy (non-hydrogen) atoms. The molecule has 2 aromatic carbocycles. The first-order valence-electron chi connectivity index (χ1n) is 7.32. The molecule has 0 spiro atoms. The summed E-state index contributed by atoms with van der Waals surface area (Å²) in [6, 6.07) is 11.2. The van der Waals surface area contributed by atoms with Crippen molar-refractivity contribution in [3.05, 3.63) is 80.5 Å². The van der Waals surface area contributed by atoms with Crippen LogP contribution < -0.4 is 39.4 Å². The van der Waals surface area contributed by atoms with Crippen LogP contribution in [0.2, 0.25) is 5.02 Å². The topological polar surface area (TPSA) is 62.2 Å². The number of nitrogens with zero attached hydrogens (tertiary/aromatic N) is 1. The Morgan fingerprint density at radius 2 is 1.96 bits per heavy atom. The van der Waals surface area contributed by atoms with Crippen LogP contribution >= 0.6 is 22.9 Å². The summed E-state index contributed by atoms with van der Waals surface area (Å²) in [7, 11) is 0. The van der Waals surface area contributed by atoms with Crippen LogP contribution in [0.3, 0.4) is 0 Å². The Kier molecular flexibility index (Phi) is 7.61. The molecule has 4 nitrogen and oxygen atoms in total. The predicted octanol–water partition coefficient (Wildman–Crippen LogP) is 0.473. The van der Waals surface area contributed by atoms with E-state index in [2.05, 4.69) is 4.98 Å². The molecule has 0 amide bonds. The van der Waals surface area contributed by atoms with Crippen molar-refractivity contribution in [1.82, 2.24) is 4.98 Å². The van der Waals surface area contributed by atoms with Gasteiger partial charge in [-0.25, -0.2) is 9.37 Å². The van der Waals surface area contributed by atoms with E-state index in [-0.39, 0.29) is 47.0 Å². The molecule has 0 saturated heterocycles.